The van der Waals surface area contributed by atoms with Crippen LogP contribution in [0.15, 0.2) is 16.8 Å². The molecule has 0 amide bonds. The number of pyridine rings is 1. The van der Waals surface area contributed by atoms with Gasteiger partial charge in [0.25, 0.3) is 5.89 Å². The van der Waals surface area contributed by atoms with Crippen LogP contribution >= 0.6 is 0 Å². The Balaban J connectivity index is 2.16. The number of aromatic nitrogens is 5. The third kappa shape index (κ3) is 3.30. The van der Waals surface area contributed by atoms with Crippen molar-refractivity contribution in [3.8, 4) is 11.5 Å². The van der Waals surface area contributed by atoms with E-state index in [4.69, 9.17) is 4.42 Å². The minimum atomic E-state index is -0.200. The summed E-state index contributed by atoms with van der Waals surface area (Å²) in [5.41, 5.74) is 2.41. The zero-order chi connectivity index (χ0) is 19.1. The highest BCUT2D eigenvalue weighted by Gasteiger charge is 2.25. The van der Waals surface area contributed by atoms with Crippen LogP contribution in [0.5, 0.6) is 0 Å². The lowest BCUT2D eigenvalue weighted by Gasteiger charge is -2.21. The molecule has 0 bridgehead atoms. The fraction of sp³-hybridized carbons (Fsp3) is 0.579. The average molecular weight is 356 g/mol. The van der Waals surface area contributed by atoms with E-state index in [9.17, 15) is 0 Å². The second-order valence-electron chi connectivity index (χ2n) is 8.08. The van der Waals surface area contributed by atoms with Crippen molar-refractivity contribution in [1.29, 1.82) is 0 Å². The molecule has 0 spiro atoms. The molecule has 3 aromatic rings. The van der Waals surface area contributed by atoms with Crippen LogP contribution in [0, 0.1) is 5.92 Å². The summed E-state index contributed by atoms with van der Waals surface area (Å²) in [6.45, 7) is 15.5. The minimum absolute atomic E-state index is 0.200. The average Bonchev–Trinajstić information content (AvgIpc) is 3.21. The van der Waals surface area contributed by atoms with Crippen molar-refractivity contribution in [1.82, 2.24) is 25.0 Å². The standard InChI is InChI=1S/C19H28N6O/c1-8-25-16-13(10-21-25)15(22-12(4)11(2)3)14(9-20-16)17-23-24-18(26-17)19(5,6)7/h9-12H,8H2,1-7H3,(H,20,22)/t12-/m1/s1. The molecule has 3 rings (SSSR count). The van der Waals surface area contributed by atoms with E-state index in [0.717, 1.165) is 28.8 Å². The van der Waals surface area contributed by atoms with E-state index < -0.39 is 0 Å². The predicted octanol–water partition coefficient (Wildman–Crippen LogP) is 4.26. The summed E-state index contributed by atoms with van der Waals surface area (Å²) in [5.74, 6) is 1.56. The molecule has 1 atom stereocenters. The van der Waals surface area contributed by atoms with E-state index in [2.05, 4.69) is 74.1 Å². The number of fused-ring (bicyclic) bond motifs is 1. The number of aryl methyl sites for hydroxylation is 1. The molecule has 0 aliphatic carbocycles. The molecule has 0 aliphatic rings. The maximum absolute atomic E-state index is 5.97. The molecule has 0 aliphatic heterocycles. The van der Waals surface area contributed by atoms with Crippen molar-refractivity contribution in [3.63, 3.8) is 0 Å². The molecule has 0 radical (unpaired) electrons. The smallest absolute Gasteiger partial charge is 0.251 e. The van der Waals surface area contributed by atoms with Crippen LogP contribution < -0.4 is 5.32 Å². The number of hydrogen-bond acceptors (Lipinski definition) is 6. The largest absolute Gasteiger partial charge is 0.420 e. The third-order valence-corrected chi connectivity index (χ3v) is 4.63. The molecule has 0 aromatic carbocycles. The summed E-state index contributed by atoms with van der Waals surface area (Å²) in [7, 11) is 0. The monoisotopic (exact) mass is 356 g/mol. The van der Waals surface area contributed by atoms with Gasteiger partial charge < -0.3 is 9.73 Å². The van der Waals surface area contributed by atoms with Crippen LogP contribution in [-0.2, 0) is 12.0 Å². The highest BCUT2D eigenvalue weighted by Crippen LogP contribution is 2.35. The van der Waals surface area contributed by atoms with Gasteiger partial charge in [0.1, 0.15) is 0 Å². The van der Waals surface area contributed by atoms with Crippen LogP contribution in [0.25, 0.3) is 22.5 Å². The Labute approximate surface area is 154 Å². The Morgan fingerprint density at radius 3 is 2.46 bits per heavy atom. The quantitative estimate of drug-likeness (QED) is 0.736. The lowest BCUT2D eigenvalue weighted by molar-refractivity contribution is 0.399. The Bertz CT molecular complexity index is 903. The summed E-state index contributed by atoms with van der Waals surface area (Å²) in [5, 5.41) is 17.5. The van der Waals surface area contributed by atoms with E-state index >= 15 is 0 Å². The predicted molar refractivity (Wildman–Crippen MR) is 103 cm³/mol. The Kier molecular flexibility index (Phi) is 4.73. The van der Waals surface area contributed by atoms with Crippen molar-refractivity contribution in [2.24, 2.45) is 5.92 Å². The van der Waals surface area contributed by atoms with Gasteiger partial charge in [0.15, 0.2) is 5.65 Å². The second-order valence-corrected chi connectivity index (χ2v) is 8.08. The van der Waals surface area contributed by atoms with Gasteiger partial charge in [0.05, 0.1) is 22.8 Å². The summed E-state index contributed by atoms with van der Waals surface area (Å²) in [4.78, 5) is 4.61. The Morgan fingerprint density at radius 1 is 1.15 bits per heavy atom. The zero-order valence-corrected chi connectivity index (χ0v) is 16.7. The van der Waals surface area contributed by atoms with Crippen molar-refractivity contribution in [2.45, 2.75) is 66.5 Å². The summed E-state index contributed by atoms with van der Waals surface area (Å²) < 4.78 is 7.86. The summed E-state index contributed by atoms with van der Waals surface area (Å²) in [6, 6.07) is 0.273. The topological polar surface area (TPSA) is 81.7 Å². The molecule has 7 nitrogen and oxygen atoms in total. The molecular formula is C19H28N6O. The van der Waals surface area contributed by atoms with Crippen LogP contribution in [0.3, 0.4) is 0 Å². The van der Waals surface area contributed by atoms with Crippen molar-refractivity contribution >= 4 is 16.7 Å². The van der Waals surface area contributed by atoms with E-state index in [1.807, 2.05) is 10.9 Å². The summed E-state index contributed by atoms with van der Waals surface area (Å²) >= 11 is 0. The molecule has 1 N–H and O–H groups in total. The van der Waals surface area contributed by atoms with Gasteiger partial charge in [0.2, 0.25) is 5.89 Å². The lowest BCUT2D eigenvalue weighted by atomic mass is 9.97. The highest BCUT2D eigenvalue weighted by atomic mass is 16.4. The first-order chi connectivity index (χ1) is 12.2. The number of hydrogen-bond donors (Lipinski definition) is 1. The number of anilines is 1. The van der Waals surface area contributed by atoms with E-state index in [0.29, 0.717) is 17.7 Å². The molecule has 0 saturated heterocycles. The van der Waals surface area contributed by atoms with Gasteiger partial charge in [-0.2, -0.15) is 5.10 Å². The van der Waals surface area contributed by atoms with Gasteiger partial charge in [-0.1, -0.05) is 34.6 Å². The molecule has 3 aromatic heterocycles. The second kappa shape index (κ2) is 6.70. The Hall–Kier alpha value is -2.44. The molecule has 140 valence electrons. The summed E-state index contributed by atoms with van der Waals surface area (Å²) in [6.07, 6.45) is 3.65. The molecule has 0 fully saturated rings. The molecule has 3 heterocycles. The molecule has 7 heteroatoms. The van der Waals surface area contributed by atoms with Crippen molar-refractivity contribution in [3.05, 3.63) is 18.3 Å². The first-order valence-electron chi connectivity index (χ1n) is 9.17. The molecule has 0 unspecified atom stereocenters. The van der Waals surface area contributed by atoms with Crippen LogP contribution in [-0.4, -0.2) is 31.0 Å². The molecular weight excluding hydrogens is 328 g/mol. The number of nitrogens with zero attached hydrogens (tertiary/aromatic N) is 5. The highest BCUT2D eigenvalue weighted by molar-refractivity contribution is 5.96. The van der Waals surface area contributed by atoms with Gasteiger partial charge in [-0.05, 0) is 19.8 Å². The first-order valence-corrected chi connectivity index (χ1v) is 9.17. The Morgan fingerprint density at radius 2 is 1.88 bits per heavy atom. The maximum atomic E-state index is 5.97. The van der Waals surface area contributed by atoms with Crippen LogP contribution in [0.2, 0.25) is 0 Å². The normalized spacial score (nSPS) is 13.5. The van der Waals surface area contributed by atoms with Crippen LogP contribution in [0.4, 0.5) is 5.69 Å². The van der Waals surface area contributed by atoms with Crippen molar-refractivity contribution in [2.75, 3.05) is 5.32 Å². The van der Waals surface area contributed by atoms with Crippen LogP contribution in [0.1, 0.15) is 54.4 Å². The van der Waals surface area contributed by atoms with E-state index in [1.54, 1.807) is 6.20 Å². The fourth-order valence-electron chi connectivity index (χ4n) is 2.61. The van der Waals surface area contributed by atoms with Gasteiger partial charge in [-0.3, -0.25) is 0 Å². The van der Waals surface area contributed by atoms with Gasteiger partial charge in [-0.25, -0.2) is 9.67 Å². The fourth-order valence-corrected chi connectivity index (χ4v) is 2.61. The molecule has 26 heavy (non-hydrogen) atoms. The number of nitrogens with one attached hydrogen (secondary N) is 1. The van der Waals surface area contributed by atoms with E-state index in [-0.39, 0.29) is 11.5 Å². The van der Waals surface area contributed by atoms with E-state index in [1.165, 1.54) is 0 Å². The first kappa shape index (κ1) is 18.4. The maximum Gasteiger partial charge on any atom is 0.251 e. The van der Waals surface area contributed by atoms with Gasteiger partial charge >= 0.3 is 0 Å². The third-order valence-electron chi connectivity index (χ3n) is 4.63. The number of rotatable bonds is 5. The van der Waals surface area contributed by atoms with Gasteiger partial charge in [0, 0.05) is 24.2 Å². The lowest BCUT2D eigenvalue weighted by Crippen LogP contribution is -2.22. The molecule has 0 saturated carbocycles. The zero-order valence-electron chi connectivity index (χ0n) is 16.7. The minimum Gasteiger partial charge on any atom is -0.420 e. The van der Waals surface area contributed by atoms with Crippen molar-refractivity contribution < 1.29 is 4.42 Å². The van der Waals surface area contributed by atoms with Gasteiger partial charge in [-0.15, -0.1) is 10.2 Å². The SMILES string of the molecule is CCn1ncc2c(N[C@H](C)C(C)C)c(-c3nnc(C(C)(C)C)o3)cnc21.